The van der Waals surface area contributed by atoms with Crippen LogP contribution in [0.1, 0.15) is 25.0 Å². The molecule has 0 unspecified atom stereocenters. The predicted octanol–water partition coefficient (Wildman–Crippen LogP) is 2.38. The van der Waals surface area contributed by atoms with E-state index in [1.807, 2.05) is 25.1 Å². The van der Waals surface area contributed by atoms with Crippen molar-refractivity contribution in [2.24, 2.45) is 0 Å². The lowest BCUT2D eigenvalue weighted by Crippen LogP contribution is -2.28. The van der Waals surface area contributed by atoms with Crippen LogP contribution in [0, 0.1) is 6.92 Å². The van der Waals surface area contributed by atoms with Crippen molar-refractivity contribution >= 4 is 11.9 Å². The smallest absolute Gasteiger partial charge is 0.331 e. The number of ether oxygens (including phenoxy) is 1. The number of methoxy groups -OCH3 is 1. The van der Waals surface area contributed by atoms with Crippen molar-refractivity contribution in [3.05, 3.63) is 40.5 Å². The molecule has 1 N–H and O–H groups in total. The Labute approximate surface area is 124 Å². The van der Waals surface area contributed by atoms with Gasteiger partial charge in [-0.05, 0) is 26.8 Å². The summed E-state index contributed by atoms with van der Waals surface area (Å²) >= 11 is 0. The third-order valence-electron chi connectivity index (χ3n) is 3.39. The van der Waals surface area contributed by atoms with Crippen molar-refractivity contribution in [3.63, 3.8) is 0 Å². The van der Waals surface area contributed by atoms with Crippen molar-refractivity contribution < 1.29 is 19.4 Å². The number of rotatable bonds is 5. The van der Waals surface area contributed by atoms with Crippen molar-refractivity contribution in [3.8, 4) is 5.75 Å². The molecular formula is C16H21NO4. The number of aliphatic carboxylic acids is 1. The molecule has 1 rings (SSSR count). The Kier molecular flexibility index (Phi) is 5.52. The number of hydrogen-bond acceptors (Lipinski definition) is 3. The summed E-state index contributed by atoms with van der Waals surface area (Å²) in [7, 11) is 3.22. The Morgan fingerprint density at radius 1 is 1.24 bits per heavy atom. The highest BCUT2D eigenvalue weighted by Crippen LogP contribution is 2.21. The van der Waals surface area contributed by atoms with Crippen LogP contribution in [0.4, 0.5) is 0 Å². The van der Waals surface area contributed by atoms with Crippen LogP contribution < -0.4 is 4.74 Å². The van der Waals surface area contributed by atoms with Crippen LogP contribution >= 0.6 is 0 Å². The van der Waals surface area contributed by atoms with Gasteiger partial charge in [0.15, 0.2) is 0 Å². The zero-order chi connectivity index (χ0) is 16.2. The maximum Gasteiger partial charge on any atom is 0.331 e. The van der Waals surface area contributed by atoms with E-state index in [2.05, 4.69) is 0 Å². The Hall–Kier alpha value is -2.30. The zero-order valence-corrected chi connectivity index (χ0v) is 13.1. The maximum absolute atomic E-state index is 12.2. The van der Waals surface area contributed by atoms with E-state index in [4.69, 9.17) is 9.84 Å². The maximum atomic E-state index is 12.2. The third kappa shape index (κ3) is 4.08. The number of aryl methyl sites for hydroxylation is 1. The van der Waals surface area contributed by atoms with Gasteiger partial charge in [0.2, 0.25) is 5.91 Å². The first kappa shape index (κ1) is 16.8. The second kappa shape index (κ2) is 6.92. The number of carboxylic acid groups (broad SMARTS) is 1. The molecule has 0 radical (unpaired) electrons. The van der Waals surface area contributed by atoms with Gasteiger partial charge in [-0.25, -0.2) is 4.79 Å². The van der Waals surface area contributed by atoms with Crippen LogP contribution in [-0.4, -0.2) is 36.0 Å². The van der Waals surface area contributed by atoms with Gasteiger partial charge >= 0.3 is 5.97 Å². The zero-order valence-electron chi connectivity index (χ0n) is 13.1. The average Bonchev–Trinajstić information content (AvgIpc) is 2.44. The molecule has 0 saturated carbocycles. The molecule has 0 spiro atoms. The van der Waals surface area contributed by atoms with Crippen LogP contribution in [-0.2, 0) is 16.1 Å². The van der Waals surface area contributed by atoms with Crippen LogP contribution in [0.5, 0.6) is 5.75 Å². The molecule has 0 atom stereocenters. The fraction of sp³-hybridized carbons (Fsp3) is 0.375. The second-order valence-corrected chi connectivity index (χ2v) is 5.03. The van der Waals surface area contributed by atoms with Gasteiger partial charge in [-0.15, -0.1) is 0 Å². The molecule has 0 saturated heterocycles. The molecule has 1 aromatic carbocycles. The minimum absolute atomic E-state index is 0.0584. The molecule has 0 fully saturated rings. The molecule has 0 bridgehead atoms. The minimum atomic E-state index is -1.08. The predicted molar refractivity (Wildman–Crippen MR) is 80.2 cm³/mol. The van der Waals surface area contributed by atoms with E-state index < -0.39 is 5.97 Å². The summed E-state index contributed by atoms with van der Waals surface area (Å²) in [5.41, 5.74) is 2.24. The fourth-order valence-electron chi connectivity index (χ4n) is 1.97. The normalized spacial score (nSPS) is 11.7. The number of benzene rings is 1. The fourth-order valence-corrected chi connectivity index (χ4v) is 1.97. The molecule has 114 valence electrons. The van der Waals surface area contributed by atoms with Gasteiger partial charge in [0.1, 0.15) is 5.75 Å². The Morgan fingerprint density at radius 3 is 2.38 bits per heavy atom. The summed E-state index contributed by atoms with van der Waals surface area (Å²) in [4.78, 5) is 24.6. The van der Waals surface area contributed by atoms with Gasteiger partial charge in [0, 0.05) is 30.3 Å². The Morgan fingerprint density at radius 2 is 1.86 bits per heavy atom. The van der Waals surface area contributed by atoms with Crippen molar-refractivity contribution in [1.82, 2.24) is 4.90 Å². The lowest BCUT2D eigenvalue weighted by Gasteiger charge is -2.20. The van der Waals surface area contributed by atoms with Gasteiger partial charge in [-0.3, -0.25) is 4.79 Å². The summed E-state index contributed by atoms with van der Waals surface area (Å²) in [5, 5.41) is 8.94. The quantitative estimate of drug-likeness (QED) is 0.846. The summed E-state index contributed by atoms with van der Waals surface area (Å²) in [6, 6.07) is 5.74. The first-order valence-corrected chi connectivity index (χ1v) is 6.57. The lowest BCUT2D eigenvalue weighted by atomic mass is 10.1. The highest BCUT2D eigenvalue weighted by Gasteiger charge is 2.18. The van der Waals surface area contributed by atoms with Crippen molar-refractivity contribution in [1.29, 1.82) is 0 Å². The number of nitrogens with zero attached hydrogens (tertiary/aromatic N) is 1. The number of likely N-dealkylation sites (N-methyl/N-ethyl adjacent to an activating group) is 1. The van der Waals surface area contributed by atoms with Crippen LogP contribution in [0.3, 0.4) is 0 Å². The number of carboxylic acids is 1. The SMILES string of the molecule is COc1ccc(C)cc1CN(C)C(=O)C(C)=C(C)C(=O)O. The second-order valence-electron chi connectivity index (χ2n) is 5.03. The molecule has 0 heterocycles. The monoisotopic (exact) mass is 291 g/mol. The van der Waals surface area contributed by atoms with E-state index in [-0.39, 0.29) is 17.1 Å². The van der Waals surface area contributed by atoms with E-state index in [1.54, 1.807) is 14.2 Å². The molecule has 0 aliphatic rings. The van der Waals surface area contributed by atoms with Crippen LogP contribution in [0.15, 0.2) is 29.3 Å². The first-order valence-electron chi connectivity index (χ1n) is 6.57. The van der Waals surface area contributed by atoms with E-state index in [9.17, 15) is 9.59 Å². The molecule has 5 nitrogen and oxygen atoms in total. The highest BCUT2D eigenvalue weighted by molar-refractivity contribution is 6.01. The van der Waals surface area contributed by atoms with Gasteiger partial charge < -0.3 is 14.7 Å². The molecule has 0 aliphatic heterocycles. The molecule has 5 heteroatoms. The molecule has 21 heavy (non-hydrogen) atoms. The van der Waals surface area contributed by atoms with Crippen molar-refractivity contribution in [2.75, 3.05) is 14.2 Å². The number of amides is 1. The van der Waals surface area contributed by atoms with Crippen LogP contribution in [0.2, 0.25) is 0 Å². The summed E-state index contributed by atoms with van der Waals surface area (Å²) < 4.78 is 5.28. The van der Waals surface area contributed by atoms with Crippen molar-refractivity contribution in [2.45, 2.75) is 27.3 Å². The van der Waals surface area contributed by atoms with Gasteiger partial charge in [-0.2, -0.15) is 0 Å². The van der Waals surface area contributed by atoms with E-state index in [0.717, 1.165) is 11.1 Å². The molecular weight excluding hydrogens is 270 g/mol. The third-order valence-corrected chi connectivity index (χ3v) is 3.39. The largest absolute Gasteiger partial charge is 0.496 e. The number of carbonyl (C=O) groups excluding carboxylic acids is 1. The Bertz CT molecular complexity index is 590. The average molecular weight is 291 g/mol. The molecule has 1 amide bonds. The van der Waals surface area contributed by atoms with E-state index >= 15 is 0 Å². The summed E-state index contributed by atoms with van der Waals surface area (Å²) in [6.07, 6.45) is 0. The lowest BCUT2D eigenvalue weighted by molar-refractivity contribution is -0.133. The highest BCUT2D eigenvalue weighted by atomic mass is 16.5. The van der Waals surface area contributed by atoms with E-state index in [0.29, 0.717) is 12.3 Å². The molecule has 0 aliphatic carbocycles. The minimum Gasteiger partial charge on any atom is -0.496 e. The number of carbonyl (C=O) groups is 2. The summed E-state index contributed by atoms with van der Waals surface area (Å²) in [6.45, 7) is 5.27. The number of hydrogen-bond donors (Lipinski definition) is 1. The Balaban J connectivity index is 2.99. The first-order chi connectivity index (χ1) is 9.77. The standard InChI is InChI=1S/C16H21NO4/c1-10-6-7-14(21-5)13(8-10)9-17(4)15(18)11(2)12(3)16(19)20/h6-8H,9H2,1-5H3,(H,19,20). The van der Waals surface area contributed by atoms with Gasteiger partial charge in [0.05, 0.1) is 7.11 Å². The topological polar surface area (TPSA) is 66.8 Å². The summed E-state index contributed by atoms with van der Waals surface area (Å²) in [5.74, 6) is -0.683. The molecule has 0 aromatic heterocycles. The van der Waals surface area contributed by atoms with Crippen LogP contribution in [0.25, 0.3) is 0 Å². The van der Waals surface area contributed by atoms with E-state index in [1.165, 1.54) is 18.7 Å². The van der Waals surface area contributed by atoms with Gasteiger partial charge in [0.25, 0.3) is 0 Å². The molecule has 1 aromatic rings. The van der Waals surface area contributed by atoms with Gasteiger partial charge in [-0.1, -0.05) is 17.7 Å².